The van der Waals surface area contributed by atoms with Crippen molar-refractivity contribution in [1.29, 1.82) is 0 Å². The molecule has 0 aliphatic heterocycles. The zero-order valence-corrected chi connectivity index (χ0v) is 10.6. The summed E-state index contributed by atoms with van der Waals surface area (Å²) in [5.74, 6) is 1.33. The predicted octanol–water partition coefficient (Wildman–Crippen LogP) is 2.74. The highest BCUT2D eigenvalue weighted by molar-refractivity contribution is 9.10. The van der Waals surface area contributed by atoms with E-state index in [1.807, 2.05) is 25.1 Å². The van der Waals surface area contributed by atoms with Crippen molar-refractivity contribution in [1.82, 2.24) is 10.2 Å². The van der Waals surface area contributed by atoms with Crippen molar-refractivity contribution < 1.29 is 4.74 Å². The molecule has 1 aromatic heterocycles. The summed E-state index contributed by atoms with van der Waals surface area (Å²) in [4.78, 5) is 0. The van der Waals surface area contributed by atoms with Crippen molar-refractivity contribution in [3.63, 3.8) is 0 Å². The smallest absolute Gasteiger partial charge is 0.160 e. The number of rotatable bonds is 2. The first-order valence-corrected chi connectivity index (χ1v) is 5.57. The van der Waals surface area contributed by atoms with Gasteiger partial charge in [-0.2, -0.15) is 5.10 Å². The van der Waals surface area contributed by atoms with Crippen LogP contribution in [0, 0.1) is 6.92 Å². The fourth-order valence-electron chi connectivity index (χ4n) is 1.57. The number of nitrogens with zero attached hydrogens (tertiary/aromatic N) is 1. The lowest BCUT2D eigenvalue weighted by Crippen LogP contribution is -1.88. The third kappa shape index (κ3) is 1.78. The molecule has 0 saturated heterocycles. The summed E-state index contributed by atoms with van der Waals surface area (Å²) in [6.45, 7) is 2.00. The molecular formula is C11H12BrN3O. The first-order chi connectivity index (χ1) is 7.63. The van der Waals surface area contributed by atoms with Gasteiger partial charge in [0.15, 0.2) is 5.82 Å². The predicted molar refractivity (Wildman–Crippen MR) is 67.4 cm³/mol. The highest BCUT2D eigenvalue weighted by Crippen LogP contribution is 2.32. The molecule has 0 saturated carbocycles. The Hall–Kier alpha value is -1.49. The number of anilines is 1. The Balaban J connectivity index is 2.49. The second kappa shape index (κ2) is 4.17. The van der Waals surface area contributed by atoms with Crippen LogP contribution in [0.25, 0.3) is 11.3 Å². The fraction of sp³-hybridized carbons (Fsp3) is 0.182. The largest absolute Gasteiger partial charge is 0.496 e. The molecule has 0 aliphatic rings. The van der Waals surface area contributed by atoms with Crippen LogP contribution in [0.1, 0.15) is 5.56 Å². The number of nitrogens with one attached hydrogen (secondary N) is 1. The van der Waals surface area contributed by atoms with E-state index in [9.17, 15) is 0 Å². The number of hydrogen-bond acceptors (Lipinski definition) is 3. The molecule has 0 bridgehead atoms. The van der Waals surface area contributed by atoms with Crippen LogP contribution in [-0.4, -0.2) is 17.3 Å². The van der Waals surface area contributed by atoms with Crippen LogP contribution in [0.5, 0.6) is 5.75 Å². The maximum atomic E-state index is 5.66. The number of nitrogen functional groups attached to an aromatic ring is 1. The second-order valence-electron chi connectivity index (χ2n) is 3.48. The quantitative estimate of drug-likeness (QED) is 0.890. The molecule has 0 atom stereocenters. The summed E-state index contributed by atoms with van der Waals surface area (Å²) in [5.41, 5.74) is 8.63. The Bertz CT molecular complexity index is 522. The lowest BCUT2D eigenvalue weighted by Gasteiger charge is -2.06. The van der Waals surface area contributed by atoms with Gasteiger partial charge < -0.3 is 10.5 Å². The molecule has 3 N–H and O–H groups in total. The molecule has 0 fully saturated rings. The van der Waals surface area contributed by atoms with Crippen molar-refractivity contribution in [3.05, 3.63) is 28.2 Å². The summed E-state index contributed by atoms with van der Waals surface area (Å²) < 4.78 is 6.00. The number of aromatic nitrogens is 2. The van der Waals surface area contributed by atoms with Crippen molar-refractivity contribution in [2.75, 3.05) is 12.8 Å². The lowest BCUT2D eigenvalue weighted by molar-refractivity contribution is 0.412. The van der Waals surface area contributed by atoms with Crippen molar-refractivity contribution >= 4 is 21.7 Å². The molecule has 5 heteroatoms. The molecule has 2 aromatic rings. The summed E-state index contributed by atoms with van der Waals surface area (Å²) in [6, 6.07) is 5.91. The molecular weight excluding hydrogens is 270 g/mol. The molecule has 4 nitrogen and oxygen atoms in total. The third-order valence-electron chi connectivity index (χ3n) is 2.42. The van der Waals surface area contributed by atoms with Crippen LogP contribution in [0.2, 0.25) is 0 Å². The number of nitrogens with two attached hydrogens (primary N) is 1. The molecule has 84 valence electrons. The first kappa shape index (κ1) is 11.0. The van der Waals surface area contributed by atoms with Gasteiger partial charge in [0, 0.05) is 5.56 Å². The SMILES string of the molecule is COc1ccc(-c2[nH]nc(N)c2Br)cc1C. The van der Waals surface area contributed by atoms with Gasteiger partial charge in [0.25, 0.3) is 0 Å². The van der Waals surface area contributed by atoms with Crippen LogP contribution < -0.4 is 10.5 Å². The number of aromatic amines is 1. The molecule has 0 radical (unpaired) electrons. The number of methoxy groups -OCH3 is 1. The van der Waals surface area contributed by atoms with E-state index in [4.69, 9.17) is 10.5 Å². The number of H-pyrrole nitrogens is 1. The molecule has 0 aliphatic carbocycles. The number of ether oxygens (including phenoxy) is 1. The average molecular weight is 282 g/mol. The van der Waals surface area contributed by atoms with Gasteiger partial charge in [0.1, 0.15) is 5.75 Å². The van der Waals surface area contributed by atoms with E-state index in [-0.39, 0.29) is 0 Å². The fourth-order valence-corrected chi connectivity index (χ4v) is 1.97. The molecule has 0 spiro atoms. The van der Waals surface area contributed by atoms with Crippen molar-refractivity contribution in [2.45, 2.75) is 6.92 Å². The zero-order valence-electron chi connectivity index (χ0n) is 9.04. The van der Waals surface area contributed by atoms with E-state index in [2.05, 4.69) is 26.1 Å². The minimum atomic E-state index is 0.462. The number of benzene rings is 1. The van der Waals surface area contributed by atoms with Gasteiger partial charge in [0.05, 0.1) is 17.3 Å². The van der Waals surface area contributed by atoms with E-state index in [1.54, 1.807) is 7.11 Å². The summed E-state index contributed by atoms with van der Waals surface area (Å²) in [5, 5.41) is 6.83. The lowest BCUT2D eigenvalue weighted by atomic mass is 10.1. The molecule has 1 heterocycles. The molecule has 0 amide bonds. The van der Waals surface area contributed by atoms with Gasteiger partial charge in [-0.25, -0.2) is 0 Å². The normalized spacial score (nSPS) is 10.4. The van der Waals surface area contributed by atoms with Crippen LogP contribution in [0.15, 0.2) is 22.7 Å². The Labute approximate surface area is 102 Å². The minimum absolute atomic E-state index is 0.462. The van der Waals surface area contributed by atoms with Gasteiger partial charge in [-0.15, -0.1) is 0 Å². The first-order valence-electron chi connectivity index (χ1n) is 4.78. The topological polar surface area (TPSA) is 63.9 Å². The monoisotopic (exact) mass is 281 g/mol. The summed E-state index contributed by atoms with van der Waals surface area (Å²) in [6.07, 6.45) is 0. The van der Waals surface area contributed by atoms with E-state index < -0.39 is 0 Å². The van der Waals surface area contributed by atoms with Crippen LogP contribution >= 0.6 is 15.9 Å². The van der Waals surface area contributed by atoms with E-state index in [0.717, 1.165) is 27.0 Å². The number of hydrogen-bond donors (Lipinski definition) is 2. The number of halogens is 1. The maximum Gasteiger partial charge on any atom is 0.160 e. The molecule has 0 unspecified atom stereocenters. The zero-order chi connectivity index (χ0) is 11.7. The van der Waals surface area contributed by atoms with E-state index in [1.165, 1.54) is 0 Å². The average Bonchev–Trinajstić information content (AvgIpc) is 2.60. The molecule has 1 aromatic carbocycles. The van der Waals surface area contributed by atoms with Crippen molar-refractivity contribution in [3.8, 4) is 17.0 Å². The van der Waals surface area contributed by atoms with Gasteiger partial charge in [0.2, 0.25) is 0 Å². The van der Waals surface area contributed by atoms with Gasteiger partial charge >= 0.3 is 0 Å². The Morgan fingerprint density at radius 1 is 1.44 bits per heavy atom. The molecule has 16 heavy (non-hydrogen) atoms. The van der Waals surface area contributed by atoms with Crippen LogP contribution in [-0.2, 0) is 0 Å². The standard InChI is InChI=1S/C11H12BrN3O/c1-6-5-7(3-4-8(6)16-2)10-9(12)11(13)15-14-10/h3-5H,1-2H3,(H3,13,14,15). The van der Waals surface area contributed by atoms with Gasteiger partial charge in [-0.1, -0.05) is 0 Å². The van der Waals surface area contributed by atoms with Crippen LogP contribution in [0.3, 0.4) is 0 Å². The Morgan fingerprint density at radius 3 is 2.69 bits per heavy atom. The molecule has 2 rings (SSSR count). The number of aryl methyl sites for hydroxylation is 1. The van der Waals surface area contributed by atoms with Crippen LogP contribution in [0.4, 0.5) is 5.82 Å². The Morgan fingerprint density at radius 2 is 2.19 bits per heavy atom. The Kier molecular flexibility index (Phi) is 2.87. The maximum absolute atomic E-state index is 5.66. The highest BCUT2D eigenvalue weighted by atomic mass is 79.9. The summed E-state index contributed by atoms with van der Waals surface area (Å²) in [7, 11) is 1.66. The van der Waals surface area contributed by atoms with Gasteiger partial charge in [-0.3, -0.25) is 5.10 Å². The highest BCUT2D eigenvalue weighted by Gasteiger charge is 2.10. The van der Waals surface area contributed by atoms with Crippen molar-refractivity contribution in [2.24, 2.45) is 0 Å². The summed E-state index contributed by atoms with van der Waals surface area (Å²) >= 11 is 3.40. The third-order valence-corrected chi connectivity index (χ3v) is 3.22. The van der Waals surface area contributed by atoms with Gasteiger partial charge in [-0.05, 0) is 46.6 Å². The van der Waals surface area contributed by atoms with E-state index >= 15 is 0 Å². The van der Waals surface area contributed by atoms with E-state index in [0.29, 0.717) is 5.82 Å². The minimum Gasteiger partial charge on any atom is -0.496 e. The second-order valence-corrected chi connectivity index (χ2v) is 4.28.